The number of nitrogens with zero attached hydrogens (tertiary/aromatic N) is 2. The van der Waals surface area contributed by atoms with E-state index in [1.54, 1.807) is 6.07 Å². The van der Waals surface area contributed by atoms with E-state index in [2.05, 4.69) is 22.0 Å². The van der Waals surface area contributed by atoms with Crippen molar-refractivity contribution in [3.05, 3.63) is 75.9 Å². The van der Waals surface area contributed by atoms with E-state index in [9.17, 15) is 9.59 Å². The average molecular weight is 389 g/mol. The lowest BCUT2D eigenvalue weighted by atomic mass is 10.2. The van der Waals surface area contributed by atoms with Gasteiger partial charge in [-0.25, -0.2) is 0 Å². The van der Waals surface area contributed by atoms with Crippen LogP contribution in [0.2, 0.25) is 0 Å². The number of para-hydroxylation sites is 2. The predicted octanol–water partition coefficient (Wildman–Crippen LogP) is 3.71. The van der Waals surface area contributed by atoms with Crippen LogP contribution in [-0.4, -0.2) is 42.0 Å². The van der Waals surface area contributed by atoms with E-state index in [4.69, 9.17) is 0 Å². The van der Waals surface area contributed by atoms with Gasteiger partial charge in [0.1, 0.15) is 0 Å². The molecule has 0 unspecified atom stereocenters. The predicted molar refractivity (Wildman–Crippen MR) is 115 cm³/mol. The molecule has 0 atom stereocenters. The summed E-state index contributed by atoms with van der Waals surface area (Å²) in [5.74, 6) is 0.0115. The lowest BCUT2D eigenvalue weighted by molar-refractivity contribution is 0.0752. The minimum absolute atomic E-state index is 0.0115. The van der Waals surface area contributed by atoms with E-state index in [0.29, 0.717) is 23.4 Å². The molecule has 1 fully saturated rings. The molecule has 1 aliphatic rings. The summed E-state index contributed by atoms with van der Waals surface area (Å²) in [6.45, 7) is 2.98. The second-order valence-corrected chi connectivity index (χ2v) is 8.02. The van der Waals surface area contributed by atoms with Crippen molar-refractivity contribution in [1.29, 1.82) is 0 Å². The molecule has 2 aromatic carbocycles. The summed E-state index contributed by atoms with van der Waals surface area (Å²) in [7, 11) is 0. The number of pyridine rings is 1. The zero-order valence-corrected chi connectivity index (χ0v) is 16.0. The number of hydrogen-bond acceptors (Lipinski definition) is 4. The van der Waals surface area contributed by atoms with Crippen molar-refractivity contribution in [3.63, 3.8) is 0 Å². The summed E-state index contributed by atoms with van der Waals surface area (Å²) < 4.78 is 0.880. The summed E-state index contributed by atoms with van der Waals surface area (Å²) in [5, 5.41) is 1.57. The zero-order chi connectivity index (χ0) is 19.1. The highest BCUT2D eigenvalue weighted by molar-refractivity contribution is 7.21. The highest BCUT2D eigenvalue weighted by Gasteiger charge is 2.24. The Bertz CT molecular complexity index is 1220. The molecule has 28 heavy (non-hydrogen) atoms. The van der Waals surface area contributed by atoms with Gasteiger partial charge in [0.2, 0.25) is 0 Å². The number of carbonyl (C=O) groups excluding carboxylic acids is 1. The Morgan fingerprint density at radius 3 is 2.39 bits per heavy atom. The van der Waals surface area contributed by atoms with Crippen LogP contribution in [0.25, 0.3) is 21.0 Å². The molecule has 2 aromatic heterocycles. The Morgan fingerprint density at radius 1 is 0.893 bits per heavy atom. The van der Waals surface area contributed by atoms with Crippen molar-refractivity contribution >= 4 is 43.9 Å². The molecular weight excluding hydrogens is 370 g/mol. The van der Waals surface area contributed by atoms with Gasteiger partial charge >= 0.3 is 0 Å². The van der Waals surface area contributed by atoms with Crippen LogP contribution in [0, 0.1) is 0 Å². The fourth-order valence-electron chi connectivity index (χ4n) is 3.81. The number of anilines is 1. The molecule has 0 bridgehead atoms. The Balaban J connectivity index is 1.42. The Hall–Kier alpha value is -3.12. The van der Waals surface area contributed by atoms with Crippen molar-refractivity contribution in [2.24, 2.45) is 0 Å². The van der Waals surface area contributed by atoms with E-state index in [-0.39, 0.29) is 11.5 Å². The highest BCUT2D eigenvalue weighted by atomic mass is 32.1. The number of rotatable bonds is 2. The molecule has 0 saturated carbocycles. The molecule has 1 N–H and O–H groups in total. The third-order valence-electron chi connectivity index (χ3n) is 5.30. The number of thiophene rings is 1. The summed E-state index contributed by atoms with van der Waals surface area (Å²) in [6, 6.07) is 19.7. The van der Waals surface area contributed by atoms with Gasteiger partial charge in [-0.2, -0.15) is 0 Å². The van der Waals surface area contributed by atoms with Crippen molar-refractivity contribution in [3.8, 4) is 0 Å². The lowest BCUT2D eigenvalue weighted by Gasteiger charge is -2.35. The number of aromatic nitrogens is 1. The number of benzene rings is 2. The van der Waals surface area contributed by atoms with Crippen LogP contribution in [0.1, 0.15) is 9.67 Å². The normalized spacial score (nSPS) is 14.7. The first-order chi connectivity index (χ1) is 13.7. The van der Waals surface area contributed by atoms with Crippen LogP contribution in [0.15, 0.2) is 65.5 Å². The maximum absolute atomic E-state index is 13.1. The number of piperazine rings is 1. The van der Waals surface area contributed by atoms with Gasteiger partial charge in [-0.3, -0.25) is 9.59 Å². The van der Waals surface area contributed by atoms with Crippen LogP contribution >= 0.6 is 11.3 Å². The minimum Gasteiger partial charge on any atom is -0.368 e. The lowest BCUT2D eigenvalue weighted by Crippen LogP contribution is -2.48. The molecule has 140 valence electrons. The van der Waals surface area contributed by atoms with Gasteiger partial charge in [0, 0.05) is 47.5 Å². The Labute approximate surface area is 165 Å². The second-order valence-electron chi connectivity index (χ2n) is 6.97. The molecule has 1 amide bonds. The minimum atomic E-state index is -0.141. The molecular formula is C22H19N3O2S. The van der Waals surface area contributed by atoms with E-state index in [1.807, 2.05) is 47.4 Å². The smallest absolute Gasteiger partial charge is 0.264 e. The monoisotopic (exact) mass is 389 g/mol. The topological polar surface area (TPSA) is 56.4 Å². The fraction of sp³-hybridized carbons (Fsp3) is 0.182. The first-order valence-corrected chi connectivity index (χ1v) is 10.2. The molecule has 0 radical (unpaired) electrons. The van der Waals surface area contributed by atoms with Gasteiger partial charge < -0.3 is 14.8 Å². The van der Waals surface area contributed by atoms with Gasteiger partial charge in [0.25, 0.3) is 11.5 Å². The van der Waals surface area contributed by atoms with Gasteiger partial charge in [-0.1, -0.05) is 36.4 Å². The maximum atomic E-state index is 13.1. The van der Waals surface area contributed by atoms with E-state index in [0.717, 1.165) is 28.7 Å². The van der Waals surface area contributed by atoms with Gasteiger partial charge in [-0.15, -0.1) is 11.3 Å². The first-order valence-electron chi connectivity index (χ1n) is 9.34. The van der Waals surface area contributed by atoms with Gasteiger partial charge in [-0.05, 0) is 24.3 Å². The van der Waals surface area contributed by atoms with Crippen LogP contribution in [0.3, 0.4) is 0 Å². The van der Waals surface area contributed by atoms with Crippen molar-refractivity contribution in [1.82, 2.24) is 9.88 Å². The van der Waals surface area contributed by atoms with Gasteiger partial charge in [0.15, 0.2) is 0 Å². The maximum Gasteiger partial charge on any atom is 0.264 e. The number of H-pyrrole nitrogens is 1. The quantitative estimate of drug-likeness (QED) is 0.569. The molecule has 5 nitrogen and oxygen atoms in total. The molecule has 0 spiro atoms. The Morgan fingerprint density at radius 2 is 1.61 bits per heavy atom. The standard InChI is InChI=1S/C22H19N3O2S/c26-21-17-14-19(28-20(17)16-8-4-5-9-18(16)23-21)22(27)25-12-10-24(11-13-25)15-6-2-1-3-7-15/h1-9,14H,10-13H2,(H,23,26). The van der Waals surface area contributed by atoms with Crippen LogP contribution < -0.4 is 10.5 Å². The van der Waals surface area contributed by atoms with Crippen molar-refractivity contribution in [2.45, 2.75) is 0 Å². The molecule has 1 aliphatic heterocycles. The summed E-state index contributed by atoms with van der Waals surface area (Å²) in [4.78, 5) is 33.2. The van der Waals surface area contributed by atoms with Crippen molar-refractivity contribution in [2.75, 3.05) is 31.1 Å². The number of nitrogens with one attached hydrogen (secondary N) is 1. The van der Waals surface area contributed by atoms with Gasteiger partial charge in [0.05, 0.1) is 10.3 Å². The second kappa shape index (κ2) is 6.80. The summed E-state index contributed by atoms with van der Waals surface area (Å²) >= 11 is 1.42. The third kappa shape index (κ3) is 2.86. The number of carbonyl (C=O) groups is 1. The fourth-order valence-corrected chi connectivity index (χ4v) is 4.97. The highest BCUT2D eigenvalue weighted by Crippen LogP contribution is 2.30. The molecule has 6 heteroatoms. The first kappa shape index (κ1) is 17.0. The largest absolute Gasteiger partial charge is 0.368 e. The van der Waals surface area contributed by atoms with E-state index >= 15 is 0 Å². The Kier molecular flexibility index (Phi) is 4.13. The molecule has 5 rings (SSSR count). The van der Waals surface area contributed by atoms with Crippen LogP contribution in [0.4, 0.5) is 5.69 Å². The van der Waals surface area contributed by atoms with E-state index in [1.165, 1.54) is 17.0 Å². The SMILES string of the molecule is O=C(c1cc2c(=O)[nH]c3ccccc3c2s1)N1CCN(c2ccccc2)CC1. The van der Waals surface area contributed by atoms with Crippen LogP contribution in [-0.2, 0) is 0 Å². The average Bonchev–Trinajstić information content (AvgIpc) is 3.21. The zero-order valence-electron chi connectivity index (χ0n) is 15.2. The number of aromatic amines is 1. The van der Waals surface area contributed by atoms with Crippen molar-refractivity contribution < 1.29 is 4.79 Å². The number of amides is 1. The number of hydrogen-bond donors (Lipinski definition) is 1. The number of fused-ring (bicyclic) bond motifs is 3. The molecule has 4 aromatic rings. The van der Waals surface area contributed by atoms with Crippen LogP contribution in [0.5, 0.6) is 0 Å². The third-order valence-corrected chi connectivity index (χ3v) is 6.45. The summed E-state index contributed by atoms with van der Waals surface area (Å²) in [6.07, 6.45) is 0. The summed E-state index contributed by atoms with van der Waals surface area (Å²) in [5.41, 5.74) is 1.85. The van der Waals surface area contributed by atoms with E-state index < -0.39 is 0 Å². The molecule has 0 aliphatic carbocycles. The molecule has 3 heterocycles. The molecule has 1 saturated heterocycles.